The number of ether oxygens (including phenoxy) is 3. The smallest absolute Gasteiger partial charge is 0.123 e. The number of methoxy groups -OCH3 is 1. The van der Waals surface area contributed by atoms with Crippen LogP contribution in [0.25, 0.3) is 0 Å². The Kier molecular flexibility index (Phi) is 7.00. The van der Waals surface area contributed by atoms with Gasteiger partial charge in [0, 0.05) is 17.9 Å². The predicted molar refractivity (Wildman–Crippen MR) is 87.8 cm³/mol. The molecule has 1 aliphatic heterocycles. The number of rotatable bonds is 8. The summed E-state index contributed by atoms with van der Waals surface area (Å²) >= 11 is 0. The molecule has 124 valence electrons. The van der Waals surface area contributed by atoms with Crippen molar-refractivity contribution >= 4 is 0 Å². The largest absolute Gasteiger partial charge is 0.497 e. The monoisotopic (exact) mass is 308 g/mol. The Bertz CT molecular complexity index is 428. The lowest BCUT2D eigenvalue weighted by Crippen LogP contribution is -3.14. The summed E-state index contributed by atoms with van der Waals surface area (Å²) in [5.74, 6) is 3.33. The van der Waals surface area contributed by atoms with Crippen LogP contribution in [0.5, 0.6) is 11.5 Å². The van der Waals surface area contributed by atoms with Crippen LogP contribution in [0.3, 0.4) is 0 Å². The van der Waals surface area contributed by atoms with Crippen LogP contribution in [0.2, 0.25) is 0 Å². The Morgan fingerprint density at radius 2 is 1.77 bits per heavy atom. The zero-order valence-corrected chi connectivity index (χ0v) is 14.1. The summed E-state index contributed by atoms with van der Waals surface area (Å²) in [6, 6.07) is 7.66. The van der Waals surface area contributed by atoms with Gasteiger partial charge in [-0.3, -0.25) is 0 Å². The van der Waals surface area contributed by atoms with Gasteiger partial charge in [0.2, 0.25) is 0 Å². The molecule has 2 rings (SSSR count). The second-order valence-electron chi connectivity index (χ2n) is 6.49. The van der Waals surface area contributed by atoms with Crippen LogP contribution in [0, 0.1) is 11.8 Å². The second-order valence-corrected chi connectivity index (χ2v) is 6.49. The topological polar surface area (TPSA) is 32.1 Å². The quantitative estimate of drug-likeness (QED) is 0.741. The lowest BCUT2D eigenvalue weighted by molar-refractivity contribution is -0.912. The van der Waals surface area contributed by atoms with Crippen LogP contribution >= 0.6 is 0 Å². The Morgan fingerprint density at radius 3 is 2.50 bits per heavy atom. The zero-order chi connectivity index (χ0) is 15.8. The van der Waals surface area contributed by atoms with Gasteiger partial charge < -0.3 is 19.1 Å². The van der Waals surface area contributed by atoms with E-state index in [4.69, 9.17) is 14.2 Å². The Balaban J connectivity index is 1.55. The number of nitrogens with one attached hydrogen (secondary N) is 1. The van der Waals surface area contributed by atoms with E-state index in [1.807, 2.05) is 24.3 Å². The van der Waals surface area contributed by atoms with Gasteiger partial charge in [0.1, 0.15) is 24.7 Å². The number of hydrogen-bond donors (Lipinski definition) is 1. The fourth-order valence-electron chi connectivity index (χ4n) is 3.35. The van der Waals surface area contributed by atoms with Gasteiger partial charge in [0.25, 0.3) is 0 Å². The van der Waals surface area contributed by atoms with Crippen LogP contribution < -0.4 is 14.4 Å². The standard InChI is InChI=1S/C18H29NO3/c1-15-11-16(2)14-19(13-15)7-8-21-9-10-22-18-6-4-5-17(12-18)20-3/h4-6,12,15-16H,7-11,13-14H2,1-3H3/p+1/t15-,16-/m1/s1. The molecular formula is C18H30NO3+. The van der Waals surface area contributed by atoms with Crippen molar-refractivity contribution in [3.05, 3.63) is 24.3 Å². The third-order valence-electron chi connectivity index (χ3n) is 4.22. The molecule has 0 amide bonds. The van der Waals surface area contributed by atoms with E-state index in [9.17, 15) is 0 Å². The van der Waals surface area contributed by atoms with Crippen LogP contribution in [-0.4, -0.2) is 46.6 Å². The molecule has 1 fully saturated rings. The number of benzene rings is 1. The first kappa shape index (κ1) is 17.1. The zero-order valence-electron chi connectivity index (χ0n) is 14.1. The summed E-state index contributed by atoms with van der Waals surface area (Å²) in [7, 11) is 1.66. The minimum absolute atomic E-state index is 0.579. The Labute approximate surface area is 134 Å². The minimum atomic E-state index is 0.579. The molecule has 1 aromatic rings. The number of hydrogen-bond acceptors (Lipinski definition) is 3. The van der Waals surface area contributed by atoms with Gasteiger partial charge >= 0.3 is 0 Å². The minimum Gasteiger partial charge on any atom is -0.497 e. The SMILES string of the molecule is COc1cccc(OCCOCC[NH+]2C[C@H](C)C[C@@H](C)C2)c1. The van der Waals surface area contributed by atoms with Crippen LogP contribution in [0.15, 0.2) is 24.3 Å². The van der Waals surface area contributed by atoms with Gasteiger partial charge in [-0.1, -0.05) is 19.9 Å². The first-order valence-electron chi connectivity index (χ1n) is 8.35. The Morgan fingerprint density at radius 1 is 1.05 bits per heavy atom. The van der Waals surface area contributed by atoms with E-state index in [1.54, 1.807) is 12.0 Å². The molecule has 0 aromatic heterocycles. The molecule has 4 heteroatoms. The van der Waals surface area contributed by atoms with Gasteiger partial charge in [0.05, 0.1) is 33.4 Å². The van der Waals surface area contributed by atoms with E-state index in [0.29, 0.717) is 13.2 Å². The second kappa shape index (κ2) is 9.01. The maximum absolute atomic E-state index is 5.71. The van der Waals surface area contributed by atoms with Gasteiger partial charge in [-0.25, -0.2) is 0 Å². The fourth-order valence-corrected chi connectivity index (χ4v) is 3.35. The van der Waals surface area contributed by atoms with Crippen molar-refractivity contribution < 1.29 is 19.1 Å². The van der Waals surface area contributed by atoms with Crippen molar-refractivity contribution in [1.29, 1.82) is 0 Å². The van der Waals surface area contributed by atoms with Gasteiger partial charge in [-0.05, 0) is 18.6 Å². The molecule has 2 atom stereocenters. The highest BCUT2D eigenvalue weighted by atomic mass is 16.5. The molecule has 0 unspecified atom stereocenters. The average molecular weight is 308 g/mol. The lowest BCUT2D eigenvalue weighted by atomic mass is 9.92. The Hall–Kier alpha value is -1.26. The summed E-state index contributed by atoms with van der Waals surface area (Å²) in [4.78, 5) is 1.68. The van der Waals surface area contributed by atoms with E-state index in [2.05, 4.69) is 13.8 Å². The van der Waals surface area contributed by atoms with Crippen molar-refractivity contribution in [1.82, 2.24) is 0 Å². The van der Waals surface area contributed by atoms with Crippen molar-refractivity contribution in [3.63, 3.8) is 0 Å². The van der Waals surface area contributed by atoms with E-state index >= 15 is 0 Å². The van der Waals surface area contributed by atoms with Crippen LogP contribution in [-0.2, 0) is 4.74 Å². The third kappa shape index (κ3) is 5.85. The maximum atomic E-state index is 5.71. The number of piperidine rings is 1. The number of quaternary nitrogens is 1. The van der Waals surface area contributed by atoms with Crippen molar-refractivity contribution in [2.75, 3.05) is 46.6 Å². The van der Waals surface area contributed by atoms with Crippen molar-refractivity contribution in [2.45, 2.75) is 20.3 Å². The molecule has 0 saturated carbocycles. The summed E-state index contributed by atoms with van der Waals surface area (Å²) < 4.78 is 16.5. The predicted octanol–water partition coefficient (Wildman–Crippen LogP) is 1.65. The molecule has 1 aromatic carbocycles. The molecule has 1 aliphatic rings. The molecule has 1 saturated heterocycles. The average Bonchev–Trinajstić information content (AvgIpc) is 2.50. The molecule has 1 heterocycles. The summed E-state index contributed by atoms with van der Waals surface area (Å²) in [5.41, 5.74) is 0. The molecule has 0 radical (unpaired) electrons. The van der Waals surface area contributed by atoms with Gasteiger partial charge in [-0.15, -0.1) is 0 Å². The molecule has 4 nitrogen and oxygen atoms in total. The van der Waals surface area contributed by atoms with E-state index in [0.717, 1.165) is 36.5 Å². The molecule has 22 heavy (non-hydrogen) atoms. The molecule has 0 bridgehead atoms. The maximum Gasteiger partial charge on any atom is 0.123 e. The molecule has 0 spiro atoms. The van der Waals surface area contributed by atoms with Crippen molar-refractivity contribution in [3.8, 4) is 11.5 Å². The first-order valence-corrected chi connectivity index (χ1v) is 8.35. The lowest BCUT2D eigenvalue weighted by Gasteiger charge is -2.31. The first-order chi connectivity index (χ1) is 10.7. The highest BCUT2D eigenvalue weighted by molar-refractivity contribution is 5.32. The summed E-state index contributed by atoms with van der Waals surface area (Å²) in [5, 5.41) is 0. The molecule has 1 N–H and O–H groups in total. The van der Waals surface area contributed by atoms with Crippen LogP contribution in [0.1, 0.15) is 20.3 Å². The highest BCUT2D eigenvalue weighted by Gasteiger charge is 2.24. The highest BCUT2D eigenvalue weighted by Crippen LogP contribution is 2.18. The number of likely N-dealkylation sites (tertiary alicyclic amines) is 1. The van der Waals surface area contributed by atoms with Crippen molar-refractivity contribution in [2.24, 2.45) is 11.8 Å². The van der Waals surface area contributed by atoms with Crippen LogP contribution in [0.4, 0.5) is 0 Å². The third-order valence-corrected chi connectivity index (χ3v) is 4.22. The normalized spacial score (nSPS) is 25.0. The van der Waals surface area contributed by atoms with Gasteiger partial charge in [0.15, 0.2) is 0 Å². The van der Waals surface area contributed by atoms with E-state index < -0.39 is 0 Å². The molecular weight excluding hydrogens is 278 g/mol. The van der Waals surface area contributed by atoms with E-state index in [-0.39, 0.29) is 0 Å². The summed E-state index contributed by atoms with van der Waals surface area (Å²) in [6.45, 7) is 10.4. The fraction of sp³-hybridized carbons (Fsp3) is 0.667. The summed E-state index contributed by atoms with van der Waals surface area (Å²) in [6.07, 6.45) is 1.37. The molecule has 0 aliphatic carbocycles. The van der Waals surface area contributed by atoms with E-state index in [1.165, 1.54) is 19.5 Å². The van der Waals surface area contributed by atoms with Gasteiger partial charge in [-0.2, -0.15) is 0 Å².